The molecule has 0 bridgehead atoms. The van der Waals surface area contributed by atoms with E-state index in [1.165, 1.54) is 0 Å². The quantitative estimate of drug-likeness (QED) is 0.205. The minimum Gasteiger partial charge on any atom is -0.497 e. The van der Waals surface area contributed by atoms with Crippen molar-refractivity contribution < 1.29 is 23.8 Å². The number of carbonyl (C=O) groups is 2. The molecular formula is C31H28Cl2N4O5. The highest BCUT2D eigenvalue weighted by Gasteiger charge is 2.34. The number of anilines is 2. The van der Waals surface area contributed by atoms with Crippen LogP contribution in [-0.2, 0) is 29.0 Å². The van der Waals surface area contributed by atoms with Crippen LogP contribution in [0.4, 0.5) is 11.5 Å². The maximum Gasteiger partial charge on any atom is 0.310 e. The minimum absolute atomic E-state index is 0.161. The molecular weight excluding hydrogens is 579 g/mol. The van der Waals surface area contributed by atoms with Crippen molar-refractivity contribution in [2.24, 2.45) is 0 Å². The van der Waals surface area contributed by atoms with E-state index < -0.39 is 0 Å². The molecule has 0 spiro atoms. The van der Waals surface area contributed by atoms with Gasteiger partial charge in [0.1, 0.15) is 22.9 Å². The lowest BCUT2D eigenvalue weighted by Crippen LogP contribution is -2.24. The summed E-state index contributed by atoms with van der Waals surface area (Å²) in [6.07, 6.45) is 0.161. The maximum atomic E-state index is 13.8. The van der Waals surface area contributed by atoms with Crippen molar-refractivity contribution in [3.8, 4) is 22.9 Å². The molecule has 2 heterocycles. The molecule has 4 aromatic rings. The van der Waals surface area contributed by atoms with Crippen LogP contribution >= 0.6 is 23.2 Å². The summed E-state index contributed by atoms with van der Waals surface area (Å²) in [6, 6.07) is 17.9. The Balaban J connectivity index is 1.50. The third-order valence-electron chi connectivity index (χ3n) is 6.74. The Morgan fingerprint density at radius 3 is 2.38 bits per heavy atom. The molecule has 1 aliphatic rings. The van der Waals surface area contributed by atoms with Crippen LogP contribution in [0.15, 0.2) is 60.7 Å². The number of amides is 1. The van der Waals surface area contributed by atoms with Crippen LogP contribution < -0.4 is 14.8 Å². The van der Waals surface area contributed by atoms with Crippen LogP contribution in [0.3, 0.4) is 0 Å². The van der Waals surface area contributed by atoms with Crippen LogP contribution in [-0.4, -0.2) is 47.6 Å². The average molecular weight is 607 g/mol. The number of benzene rings is 3. The molecule has 216 valence electrons. The number of nitrogens with zero attached hydrogens (tertiary/aromatic N) is 3. The molecule has 1 N–H and O–H groups in total. The molecule has 0 atom stereocenters. The van der Waals surface area contributed by atoms with Gasteiger partial charge in [-0.25, -0.2) is 9.97 Å². The number of ether oxygens (including phenoxy) is 3. The van der Waals surface area contributed by atoms with Crippen LogP contribution in [0.5, 0.6) is 11.5 Å². The van der Waals surface area contributed by atoms with E-state index in [4.69, 9.17) is 47.4 Å². The zero-order chi connectivity index (χ0) is 29.8. The predicted octanol–water partition coefficient (Wildman–Crippen LogP) is 6.47. The zero-order valence-electron chi connectivity index (χ0n) is 23.2. The molecule has 0 unspecified atom stereocenters. The highest BCUT2D eigenvalue weighted by molar-refractivity contribution is 6.39. The Kier molecular flexibility index (Phi) is 8.80. The van der Waals surface area contributed by atoms with E-state index in [1.54, 1.807) is 50.3 Å². The third kappa shape index (κ3) is 6.12. The summed E-state index contributed by atoms with van der Waals surface area (Å²) in [4.78, 5) is 36.8. The Morgan fingerprint density at radius 1 is 0.976 bits per heavy atom. The van der Waals surface area contributed by atoms with Gasteiger partial charge in [-0.1, -0.05) is 41.4 Å². The second-order valence-corrected chi connectivity index (χ2v) is 10.3. The summed E-state index contributed by atoms with van der Waals surface area (Å²) < 4.78 is 15.9. The molecule has 5 rings (SSSR count). The van der Waals surface area contributed by atoms with Gasteiger partial charge in [-0.15, -0.1) is 0 Å². The third-order valence-corrected chi connectivity index (χ3v) is 7.37. The molecule has 9 nitrogen and oxygen atoms in total. The Hall–Kier alpha value is -4.34. The normalized spacial score (nSPS) is 12.2. The topological polar surface area (TPSA) is 103 Å². The second-order valence-electron chi connectivity index (χ2n) is 9.46. The number of aromatic nitrogens is 2. The summed E-state index contributed by atoms with van der Waals surface area (Å²) in [5.41, 5.74) is 3.64. The Morgan fingerprint density at radius 2 is 1.71 bits per heavy atom. The van der Waals surface area contributed by atoms with Gasteiger partial charge in [0, 0.05) is 17.3 Å². The van der Waals surface area contributed by atoms with E-state index in [0.717, 1.165) is 11.1 Å². The van der Waals surface area contributed by atoms with Crippen molar-refractivity contribution in [2.45, 2.75) is 26.4 Å². The van der Waals surface area contributed by atoms with Gasteiger partial charge >= 0.3 is 5.97 Å². The van der Waals surface area contributed by atoms with Crippen LogP contribution in [0.1, 0.15) is 34.1 Å². The number of rotatable bonds is 10. The van der Waals surface area contributed by atoms with Crippen molar-refractivity contribution in [3.05, 3.63) is 93.1 Å². The summed E-state index contributed by atoms with van der Waals surface area (Å²) in [7, 11) is 3.16. The van der Waals surface area contributed by atoms with Gasteiger partial charge in [0.25, 0.3) is 5.91 Å². The SMILES string of the molecule is CCOC(=O)Cc1ccc(Nc2nc(-c3c(Cl)cccc3Cl)nc3c2C(=O)N(Cc2ccc(OC)cc2OC)C3)cc1. The number of esters is 1. The standard InChI is InChI=1S/C31H28Cl2N4O5/c1-4-42-26(38)14-18-8-11-20(12-9-18)34-30-28-24(35-29(36-30)27-22(32)6-5-7-23(27)33)17-37(31(28)39)16-19-10-13-21(40-2)15-25(19)41-3/h5-13,15H,4,14,16-17H2,1-3H3,(H,34,35,36). The fourth-order valence-corrected chi connectivity index (χ4v) is 5.27. The van der Waals surface area contributed by atoms with Crippen molar-refractivity contribution in [2.75, 3.05) is 26.1 Å². The molecule has 0 radical (unpaired) electrons. The number of hydrogen-bond donors (Lipinski definition) is 1. The molecule has 1 aromatic heterocycles. The van der Waals surface area contributed by atoms with Gasteiger partial charge < -0.3 is 24.4 Å². The first-order chi connectivity index (χ1) is 20.3. The summed E-state index contributed by atoms with van der Waals surface area (Å²) in [6.45, 7) is 2.62. The number of nitrogens with one attached hydrogen (secondary N) is 1. The summed E-state index contributed by atoms with van der Waals surface area (Å²) in [5.74, 6) is 1.33. The molecule has 0 saturated carbocycles. The van der Waals surface area contributed by atoms with Gasteiger partial charge in [-0.05, 0) is 48.9 Å². The fourth-order valence-electron chi connectivity index (χ4n) is 4.71. The molecule has 3 aromatic carbocycles. The highest BCUT2D eigenvalue weighted by atomic mass is 35.5. The maximum absolute atomic E-state index is 13.8. The number of halogens is 2. The highest BCUT2D eigenvalue weighted by Crippen LogP contribution is 2.38. The van der Waals surface area contributed by atoms with Gasteiger partial charge in [-0.3, -0.25) is 9.59 Å². The fraction of sp³-hybridized carbons (Fsp3) is 0.226. The van der Waals surface area contributed by atoms with E-state index in [9.17, 15) is 9.59 Å². The molecule has 0 aliphatic carbocycles. The van der Waals surface area contributed by atoms with Crippen LogP contribution in [0.2, 0.25) is 10.0 Å². The number of hydrogen-bond acceptors (Lipinski definition) is 8. The van der Waals surface area contributed by atoms with Gasteiger partial charge in [0.15, 0.2) is 5.82 Å². The number of carbonyl (C=O) groups excluding carboxylic acids is 2. The van der Waals surface area contributed by atoms with Crippen molar-refractivity contribution in [3.63, 3.8) is 0 Å². The Labute approximate surface area is 253 Å². The van der Waals surface area contributed by atoms with E-state index in [2.05, 4.69) is 5.32 Å². The summed E-state index contributed by atoms with van der Waals surface area (Å²) >= 11 is 13.0. The minimum atomic E-state index is -0.299. The lowest BCUT2D eigenvalue weighted by molar-refractivity contribution is -0.142. The van der Waals surface area contributed by atoms with Crippen LogP contribution in [0.25, 0.3) is 11.4 Å². The Bertz CT molecular complexity index is 1630. The van der Waals surface area contributed by atoms with Crippen molar-refractivity contribution in [1.29, 1.82) is 0 Å². The van der Waals surface area contributed by atoms with E-state index in [1.807, 2.05) is 36.4 Å². The summed E-state index contributed by atoms with van der Waals surface area (Å²) in [5, 5.41) is 4.05. The lowest BCUT2D eigenvalue weighted by atomic mass is 10.1. The molecule has 42 heavy (non-hydrogen) atoms. The lowest BCUT2D eigenvalue weighted by Gasteiger charge is -2.18. The molecule has 1 amide bonds. The monoisotopic (exact) mass is 606 g/mol. The van der Waals surface area contributed by atoms with E-state index >= 15 is 0 Å². The smallest absolute Gasteiger partial charge is 0.310 e. The van der Waals surface area contributed by atoms with Crippen LogP contribution in [0, 0.1) is 0 Å². The van der Waals surface area contributed by atoms with Gasteiger partial charge in [0.2, 0.25) is 0 Å². The first-order valence-electron chi connectivity index (χ1n) is 13.2. The number of methoxy groups -OCH3 is 2. The average Bonchev–Trinajstić information content (AvgIpc) is 3.29. The first kappa shape index (κ1) is 29.2. The van der Waals surface area contributed by atoms with Crippen molar-refractivity contribution in [1.82, 2.24) is 14.9 Å². The predicted molar refractivity (Wildman–Crippen MR) is 161 cm³/mol. The van der Waals surface area contributed by atoms with E-state index in [0.29, 0.717) is 62.3 Å². The molecule has 11 heteroatoms. The molecule has 0 saturated heterocycles. The van der Waals surface area contributed by atoms with Gasteiger partial charge in [0.05, 0.1) is 61.6 Å². The molecule has 1 aliphatic heterocycles. The van der Waals surface area contributed by atoms with Crippen molar-refractivity contribution >= 4 is 46.6 Å². The van der Waals surface area contributed by atoms with E-state index in [-0.39, 0.29) is 31.4 Å². The largest absolute Gasteiger partial charge is 0.497 e. The first-order valence-corrected chi connectivity index (χ1v) is 13.9. The molecule has 0 fully saturated rings. The number of fused-ring (bicyclic) bond motifs is 1. The second kappa shape index (κ2) is 12.7. The zero-order valence-corrected chi connectivity index (χ0v) is 24.8. The van der Waals surface area contributed by atoms with Gasteiger partial charge in [-0.2, -0.15) is 0 Å².